The number of likely N-dealkylation sites (N-methyl/N-ethyl adjacent to an activating group) is 1. The number of hydrogen-bond donors (Lipinski definition) is 1. The van der Waals surface area contributed by atoms with Crippen LogP contribution in [-0.4, -0.2) is 35.8 Å². The molecular formula is C16H18ClFN2O2S. The standard InChI is InChI=1S/C16H18ClFN2O2S/c1-4-20(8-13(21)19-9(2)3)16(22)15-14(17)11-6-5-10(18)7-12(11)23-15/h5-7,9H,4,8H2,1-3H3,(H,19,21). The molecule has 0 radical (unpaired) electrons. The van der Waals surface area contributed by atoms with Crippen molar-refractivity contribution in [1.29, 1.82) is 0 Å². The largest absolute Gasteiger partial charge is 0.352 e. The summed E-state index contributed by atoms with van der Waals surface area (Å²) in [4.78, 5) is 26.3. The molecular weight excluding hydrogens is 339 g/mol. The van der Waals surface area contributed by atoms with Crippen molar-refractivity contribution >= 4 is 44.8 Å². The molecule has 1 heterocycles. The second-order valence-electron chi connectivity index (χ2n) is 5.43. The summed E-state index contributed by atoms with van der Waals surface area (Å²) >= 11 is 7.40. The van der Waals surface area contributed by atoms with E-state index in [1.807, 2.05) is 13.8 Å². The third kappa shape index (κ3) is 4.00. The van der Waals surface area contributed by atoms with Gasteiger partial charge in [0.1, 0.15) is 10.7 Å². The maximum Gasteiger partial charge on any atom is 0.265 e. The Morgan fingerprint density at radius 2 is 2.09 bits per heavy atom. The Bertz CT molecular complexity index is 745. The molecule has 2 rings (SSSR count). The summed E-state index contributed by atoms with van der Waals surface area (Å²) in [6, 6.07) is 4.22. The van der Waals surface area contributed by atoms with E-state index in [0.717, 1.165) is 11.3 Å². The molecule has 1 N–H and O–H groups in total. The first-order valence-corrected chi connectivity index (χ1v) is 8.49. The van der Waals surface area contributed by atoms with E-state index in [1.54, 1.807) is 13.0 Å². The van der Waals surface area contributed by atoms with Gasteiger partial charge in [-0.25, -0.2) is 4.39 Å². The number of halogens is 2. The van der Waals surface area contributed by atoms with E-state index in [4.69, 9.17) is 11.6 Å². The third-order valence-corrected chi connectivity index (χ3v) is 4.88. The molecule has 0 saturated heterocycles. The van der Waals surface area contributed by atoms with Crippen molar-refractivity contribution in [1.82, 2.24) is 10.2 Å². The predicted molar refractivity (Wildman–Crippen MR) is 91.6 cm³/mol. The van der Waals surface area contributed by atoms with Crippen LogP contribution in [0, 0.1) is 5.82 Å². The van der Waals surface area contributed by atoms with Gasteiger partial charge < -0.3 is 10.2 Å². The van der Waals surface area contributed by atoms with E-state index < -0.39 is 0 Å². The minimum atomic E-state index is -0.377. The number of thiophene rings is 1. The molecule has 0 spiro atoms. The SMILES string of the molecule is CCN(CC(=O)NC(C)C)C(=O)c1sc2cc(F)ccc2c1Cl. The summed E-state index contributed by atoms with van der Waals surface area (Å²) in [7, 11) is 0. The lowest BCUT2D eigenvalue weighted by molar-refractivity contribution is -0.122. The van der Waals surface area contributed by atoms with Crippen LogP contribution in [0.1, 0.15) is 30.4 Å². The van der Waals surface area contributed by atoms with Crippen molar-refractivity contribution in [3.05, 3.63) is 33.9 Å². The summed E-state index contributed by atoms with van der Waals surface area (Å²) in [5.41, 5.74) is 0. The first-order chi connectivity index (χ1) is 10.8. The lowest BCUT2D eigenvalue weighted by atomic mass is 10.2. The van der Waals surface area contributed by atoms with Crippen molar-refractivity contribution in [2.75, 3.05) is 13.1 Å². The van der Waals surface area contributed by atoms with Gasteiger partial charge in [0, 0.05) is 22.7 Å². The topological polar surface area (TPSA) is 49.4 Å². The summed E-state index contributed by atoms with van der Waals surface area (Å²) in [5, 5.41) is 3.70. The maximum absolute atomic E-state index is 13.3. The van der Waals surface area contributed by atoms with Crippen LogP contribution in [0.15, 0.2) is 18.2 Å². The second-order valence-corrected chi connectivity index (χ2v) is 6.86. The minimum Gasteiger partial charge on any atom is -0.352 e. The Hall–Kier alpha value is -1.66. The smallest absolute Gasteiger partial charge is 0.265 e. The minimum absolute atomic E-state index is 0.00666. The Kier molecular flexibility index (Phi) is 5.59. The van der Waals surface area contributed by atoms with Crippen LogP contribution in [0.2, 0.25) is 5.02 Å². The molecule has 0 saturated carbocycles. The highest BCUT2D eigenvalue weighted by molar-refractivity contribution is 7.21. The van der Waals surface area contributed by atoms with Gasteiger partial charge in [-0.3, -0.25) is 9.59 Å². The number of nitrogens with zero attached hydrogens (tertiary/aromatic N) is 1. The molecule has 4 nitrogen and oxygen atoms in total. The van der Waals surface area contributed by atoms with Crippen molar-refractivity contribution in [2.45, 2.75) is 26.8 Å². The average molecular weight is 357 g/mol. The number of carbonyl (C=O) groups excluding carboxylic acids is 2. The number of rotatable bonds is 5. The normalized spacial score (nSPS) is 11.0. The van der Waals surface area contributed by atoms with Gasteiger partial charge in [0.2, 0.25) is 5.91 Å². The molecule has 0 aliphatic heterocycles. The van der Waals surface area contributed by atoms with E-state index in [9.17, 15) is 14.0 Å². The van der Waals surface area contributed by atoms with Crippen LogP contribution in [0.5, 0.6) is 0 Å². The van der Waals surface area contributed by atoms with Crippen molar-refractivity contribution in [2.24, 2.45) is 0 Å². The van der Waals surface area contributed by atoms with Gasteiger partial charge in [0.05, 0.1) is 11.6 Å². The van der Waals surface area contributed by atoms with Crippen LogP contribution >= 0.6 is 22.9 Å². The van der Waals surface area contributed by atoms with Gasteiger partial charge in [-0.2, -0.15) is 0 Å². The molecule has 2 aromatic rings. The highest BCUT2D eigenvalue weighted by Gasteiger charge is 2.23. The van der Waals surface area contributed by atoms with Crippen LogP contribution in [-0.2, 0) is 4.79 Å². The highest BCUT2D eigenvalue weighted by Crippen LogP contribution is 2.36. The molecule has 0 atom stereocenters. The van der Waals surface area contributed by atoms with Gasteiger partial charge in [0.15, 0.2) is 0 Å². The van der Waals surface area contributed by atoms with Gasteiger partial charge in [-0.15, -0.1) is 11.3 Å². The van der Waals surface area contributed by atoms with E-state index >= 15 is 0 Å². The van der Waals surface area contributed by atoms with Gasteiger partial charge >= 0.3 is 0 Å². The van der Waals surface area contributed by atoms with E-state index in [1.165, 1.54) is 17.0 Å². The highest BCUT2D eigenvalue weighted by atomic mass is 35.5. The number of amides is 2. The van der Waals surface area contributed by atoms with Crippen LogP contribution in [0.25, 0.3) is 10.1 Å². The number of carbonyl (C=O) groups is 2. The fourth-order valence-corrected chi connectivity index (χ4v) is 3.69. The van der Waals surface area contributed by atoms with Gasteiger partial charge in [-0.1, -0.05) is 11.6 Å². The zero-order chi connectivity index (χ0) is 17.1. The lowest BCUT2D eigenvalue weighted by Crippen LogP contribution is -2.42. The van der Waals surface area contributed by atoms with Gasteiger partial charge in [0.25, 0.3) is 5.91 Å². The molecule has 0 aliphatic carbocycles. The first-order valence-electron chi connectivity index (χ1n) is 7.29. The monoisotopic (exact) mass is 356 g/mol. The lowest BCUT2D eigenvalue weighted by Gasteiger charge is -2.20. The zero-order valence-electron chi connectivity index (χ0n) is 13.2. The Labute approximate surface area is 143 Å². The quantitative estimate of drug-likeness (QED) is 0.888. The fraction of sp³-hybridized carbons (Fsp3) is 0.375. The number of fused-ring (bicyclic) bond motifs is 1. The molecule has 1 aromatic heterocycles. The average Bonchev–Trinajstić information content (AvgIpc) is 2.79. The molecule has 2 amide bonds. The summed E-state index contributed by atoms with van der Waals surface area (Å²) in [6.45, 7) is 5.85. The molecule has 1 aromatic carbocycles. The molecule has 0 bridgehead atoms. The zero-order valence-corrected chi connectivity index (χ0v) is 14.7. The Morgan fingerprint density at radius 1 is 1.39 bits per heavy atom. The third-order valence-electron chi connectivity index (χ3n) is 3.24. The molecule has 124 valence electrons. The van der Waals surface area contributed by atoms with E-state index in [-0.39, 0.29) is 30.2 Å². The number of nitrogens with one attached hydrogen (secondary N) is 1. The van der Waals surface area contributed by atoms with Crippen LogP contribution in [0.3, 0.4) is 0 Å². The van der Waals surface area contributed by atoms with Crippen molar-refractivity contribution in [3.63, 3.8) is 0 Å². The molecule has 23 heavy (non-hydrogen) atoms. The summed E-state index contributed by atoms with van der Waals surface area (Å²) < 4.78 is 13.9. The second kappa shape index (κ2) is 7.27. The first kappa shape index (κ1) is 17.7. The van der Waals surface area contributed by atoms with E-state index in [0.29, 0.717) is 26.5 Å². The van der Waals surface area contributed by atoms with Gasteiger partial charge in [-0.05, 0) is 39.0 Å². The fourth-order valence-electron chi connectivity index (χ4n) is 2.19. The Balaban J connectivity index is 2.27. The molecule has 7 heteroatoms. The maximum atomic E-state index is 13.3. The predicted octanol–water partition coefficient (Wildman–Crippen LogP) is 3.68. The number of hydrogen-bond acceptors (Lipinski definition) is 3. The van der Waals surface area contributed by atoms with Crippen LogP contribution in [0.4, 0.5) is 4.39 Å². The Morgan fingerprint density at radius 3 is 2.70 bits per heavy atom. The summed E-state index contributed by atoms with van der Waals surface area (Å²) in [5.74, 6) is -0.922. The summed E-state index contributed by atoms with van der Waals surface area (Å²) in [6.07, 6.45) is 0. The number of benzene rings is 1. The van der Waals surface area contributed by atoms with E-state index in [2.05, 4.69) is 5.32 Å². The molecule has 0 aliphatic rings. The van der Waals surface area contributed by atoms with Crippen LogP contribution < -0.4 is 5.32 Å². The van der Waals surface area contributed by atoms with Crippen molar-refractivity contribution in [3.8, 4) is 0 Å². The van der Waals surface area contributed by atoms with Crippen molar-refractivity contribution < 1.29 is 14.0 Å². The molecule has 0 unspecified atom stereocenters. The molecule has 0 fully saturated rings.